The first kappa shape index (κ1) is 14.2. The van der Waals surface area contributed by atoms with Crippen molar-refractivity contribution >= 4 is 5.91 Å². The molecule has 90 valence electrons. The van der Waals surface area contributed by atoms with Crippen molar-refractivity contribution in [1.29, 1.82) is 0 Å². The zero-order chi connectivity index (χ0) is 12.2. The second-order valence-electron chi connectivity index (χ2n) is 3.66. The Morgan fingerprint density at radius 3 is 2.07 bits per heavy atom. The van der Waals surface area contributed by atoms with Crippen molar-refractivity contribution in [2.45, 2.75) is 45.6 Å². The summed E-state index contributed by atoms with van der Waals surface area (Å²) in [5, 5.41) is 1.92. The lowest BCUT2D eigenvalue weighted by molar-refractivity contribution is -0.170. The highest BCUT2D eigenvalue weighted by atomic mass is 19.3. The van der Waals surface area contributed by atoms with Crippen LogP contribution in [0.3, 0.4) is 0 Å². The maximum absolute atomic E-state index is 12.5. The van der Waals surface area contributed by atoms with Crippen molar-refractivity contribution in [3.05, 3.63) is 0 Å². The summed E-state index contributed by atoms with van der Waals surface area (Å²) in [4.78, 5) is 10.8. The predicted octanol–water partition coefficient (Wildman–Crippen LogP) is 2.44. The number of alkyl halides is 4. The molecule has 0 aliphatic carbocycles. The molecule has 6 heteroatoms. The van der Waals surface area contributed by atoms with E-state index < -0.39 is 24.3 Å². The molecule has 1 unspecified atom stereocenters. The zero-order valence-electron chi connectivity index (χ0n) is 8.86. The van der Waals surface area contributed by atoms with Crippen LogP contribution in [0.5, 0.6) is 0 Å². The molecule has 1 amide bonds. The van der Waals surface area contributed by atoms with Gasteiger partial charge in [-0.15, -0.1) is 0 Å². The Labute approximate surface area is 86.0 Å². The van der Waals surface area contributed by atoms with Crippen LogP contribution in [0, 0.1) is 5.92 Å². The van der Waals surface area contributed by atoms with Crippen molar-refractivity contribution in [3.63, 3.8) is 0 Å². The van der Waals surface area contributed by atoms with Gasteiger partial charge in [-0.3, -0.25) is 4.79 Å². The highest BCUT2D eigenvalue weighted by molar-refractivity contribution is 5.84. The minimum Gasteiger partial charge on any atom is -0.348 e. The van der Waals surface area contributed by atoms with Gasteiger partial charge in [0.25, 0.3) is 5.91 Å². The fourth-order valence-corrected chi connectivity index (χ4v) is 1.10. The molecule has 0 aliphatic heterocycles. The summed E-state index contributed by atoms with van der Waals surface area (Å²) in [6.07, 6.45) is -3.55. The molecule has 0 aromatic heterocycles. The van der Waals surface area contributed by atoms with Crippen molar-refractivity contribution in [1.82, 2.24) is 5.32 Å². The third kappa shape index (κ3) is 3.68. The second-order valence-corrected chi connectivity index (χ2v) is 3.66. The number of carbonyl (C=O) groups excluding carboxylic acids is 1. The molecule has 2 nitrogen and oxygen atoms in total. The van der Waals surface area contributed by atoms with Gasteiger partial charge in [0.15, 0.2) is 0 Å². The molecule has 0 rings (SSSR count). The molecular formula is C9H15F4NO. The van der Waals surface area contributed by atoms with Gasteiger partial charge in [-0.25, -0.2) is 8.78 Å². The first-order valence-corrected chi connectivity index (χ1v) is 4.70. The van der Waals surface area contributed by atoms with E-state index in [4.69, 9.17) is 0 Å². The molecule has 0 saturated carbocycles. The number of hydrogen-bond donors (Lipinski definition) is 1. The average Bonchev–Trinajstić information content (AvgIpc) is 2.12. The third-order valence-corrected chi connectivity index (χ3v) is 2.14. The lowest BCUT2D eigenvalue weighted by Gasteiger charge is -2.23. The Balaban J connectivity index is 4.47. The standard InChI is InChI=1S/C9H15F4NO/c1-4-6(5(2)3)14-8(15)9(12,13)7(10)11/h5-7H,4H2,1-3H3,(H,14,15). The Bertz CT molecular complexity index is 218. The van der Waals surface area contributed by atoms with E-state index in [2.05, 4.69) is 0 Å². The molecule has 0 aromatic carbocycles. The van der Waals surface area contributed by atoms with E-state index in [1.807, 2.05) is 5.32 Å². The van der Waals surface area contributed by atoms with E-state index in [0.29, 0.717) is 6.42 Å². The number of halogens is 4. The summed E-state index contributed by atoms with van der Waals surface area (Å²) in [7, 11) is 0. The summed E-state index contributed by atoms with van der Waals surface area (Å²) in [6.45, 7) is 5.12. The van der Waals surface area contributed by atoms with Crippen LogP contribution in [0.4, 0.5) is 17.6 Å². The quantitative estimate of drug-likeness (QED) is 0.721. The Morgan fingerprint density at radius 2 is 1.80 bits per heavy atom. The first-order chi connectivity index (χ1) is 6.73. The SMILES string of the molecule is CCC(NC(=O)C(F)(F)C(F)F)C(C)C. The lowest BCUT2D eigenvalue weighted by Crippen LogP contribution is -2.50. The smallest absolute Gasteiger partial charge is 0.348 e. The van der Waals surface area contributed by atoms with Gasteiger partial charge < -0.3 is 5.32 Å². The molecule has 1 N–H and O–H groups in total. The fourth-order valence-electron chi connectivity index (χ4n) is 1.10. The minimum atomic E-state index is -4.61. The molecule has 15 heavy (non-hydrogen) atoms. The molecule has 0 saturated heterocycles. The summed E-state index contributed by atoms with van der Waals surface area (Å²) in [5.41, 5.74) is 0. The van der Waals surface area contributed by atoms with Crippen LogP contribution in [0.1, 0.15) is 27.2 Å². The maximum atomic E-state index is 12.5. The van der Waals surface area contributed by atoms with E-state index >= 15 is 0 Å². The molecule has 0 aromatic rings. The lowest BCUT2D eigenvalue weighted by atomic mass is 10.0. The van der Waals surface area contributed by atoms with E-state index in [0.717, 1.165) is 0 Å². The number of carbonyl (C=O) groups is 1. The summed E-state index contributed by atoms with van der Waals surface area (Å²) < 4.78 is 48.7. The molecule has 0 bridgehead atoms. The van der Waals surface area contributed by atoms with Gasteiger partial charge in [0.1, 0.15) is 0 Å². The monoisotopic (exact) mass is 229 g/mol. The number of nitrogens with one attached hydrogen (secondary N) is 1. The third-order valence-electron chi connectivity index (χ3n) is 2.14. The molecule has 0 aliphatic rings. The summed E-state index contributed by atoms with van der Waals surface area (Å²) in [5.74, 6) is -6.59. The molecular weight excluding hydrogens is 214 g/mol. The molecule has 1 atom stereocenters. The molecule has 0 spiro atoms. The maximum Gasteiger partial charge on any atom is 0.383 e. The Hall–Kier alpha value is -0.810. The van der Waals surface area contributed by atoms with Crippen LogP contribution in [-0.4, -0.2) is 24.3 Å². The number of amides is 1. The Morgan fingerprint density at radius 1 is 1.33 bits per heavy atom. The van der Waals surface area contributed by atoms with Gasteiger partial charge in [0.2, 0.25) is 0 Å². The molecule has 0 heterocycles. The van der Waals surface area contributed by atoms with Crippen LogP contribution in [0.15, 0.2) is 0 Å². The van der Waals surface area contributed by atoms with Crippen LogP contribution >= 0.6 is 0 Å². The van der Waals surface area contributed by atoms with Crippen LogP contribution in [-0.2, 0) is 4.79 Å². The van der Waals surface area contributed by atoms with Crippen LogP contribution < -0.4 is 5.32 Å². The normalized spacial score (nSPS) is 14.5. The fraction of sp³-hybridized carbons (Fsp3) is 0.889. The zero-order valence-corrected chi connectivity index (χ0v) is 8.86. The van der Waals surface area contributed by atoms with Crippen molar-refractivity contribution in [2.24, 2.45) is 5.92 Å². The van der Waals surface area contributed by atoms with E-state index in [1.165, 1.54) is 0 Å². The van der Waals surface area contributed by atoms with Crippen molar-refractivity contribution in [3.8, 4) is 0 Å². The topological polar surface area (TPSA) is 29.1 Å². The predicted molar refractivity (Wildman–Crippen MR) is 48.0 cm³/mol. The Kier molecular flexibility index (Phi) is 5.03. The molecule has 0 fully saturated rings. The largest absolute Gasteiger partial charge is 0.383 e. The van der Waals surface area contributed by atoms with Gasteiger partial charge >= 0.3 is 12.3 Å². The van der Waals surface area contributed by atoms with Gasteiger partial charge in [0.05, 0.1) is 0 Å². The second kappa shape index (κ2) is 5.32. The first-order valence-electron chi connectivity index (χ1n) is 4.70. The van der Waals surface area contributed by atoms with E-state index in [1.54, 1.807) is 20.8 Å². The van der Waals surface area contributed by atoms with Gasteiger partial charge in [-0.1, -0.05) is 20.8 Å². The van der Waals surface area contributed by atoms with Gasteiger partial charge in [0, 0.05) is 6.04 Å². The minimum absolute atomic E-state index is 0.0765. The van der Waals surface area contributed by atoms with Crippen molar-refractivity contribution in [2.75, 3.05) is 0 Å². The summed E-state index contributed by atoms with van der Waals surface area (Å²) >= 11 is 0. The summed E-state index contributed by atoms with van der Waals surface area (Å²) in [6, 6.07) is -0.512. The van der Waals surface area contributed by atoms with E-state index in [9.17, 15) is 22.4 Å². The van der Waals surface area contributed by atoms with Crippen LogP contribution in [0.2, 0.25) is 0 Å². The van der Waals surface area contributed by atoms with E-state index in [-0.39, 0.29) is 5.92 Å². The average molecular weight is 229 g/mol. The number of rotatable bonds is 5. The van der Waals surface area contributed by atoms with Gasteiger partial charge in [-0.2, -0.15) is 8.78 Å². The van der Waals surface area contributed by atoms with Crippen molar-refractivity contribution < 1.29 is 22.4 Å². The highest BCUT2D eigenvalue weighted by Gasteiger charge is 2.49. The highest BCUT2D eigenvalue weighted by Crippen LogP contribution is 2.23. The van der Waals surface area contributed by atoms with Crippen LogP contribution in [0.25, 0.3) is 0 Å². The number of hydrogen-bond acceptors (Lipinski definition) is 1. The van der Waals surface area contributed by atoms with Gasteiger partial charge in [-0.05, 0) is 12.3 Å². The molecule has 0 radical (unpaired) electrons.